The number of allylic oxidation sites excluding steroid dienone is 2. The number of carbonyl (C=O) groups is 2. The number of H-pyrrole nitrogens is 1. The third-order valence-electron chi connectivity index (χ3n) is 5.51. The van der Waals surface area contributed by atoms with Crippen molar-refractivity contribution in [3.63, 3.8) is 0 Å². The lowest BCUT2D eigenvalue weighted by Gasteiger charge is -2.09. The van der Waals surface area contributed by atoms with Crippen LogP contribution >= 0.6 is 0 Å². The van der Waals surface area contributed by atoms with Gasteiger partial charge >= 0.3 is 0 Å². The second-order valence-corrected chi connectivity index (χ2v) is 8.03. The molecule has 35 heavy (non-hydrogen) atoms. The van der Waals surface area contributed by atoms with Gasteiger partial charge in [-0.3, -0.25) is 14.6 Å². The second kappa shape index (κ2) is 11.1. The van der Waals surface area contributed by atoms with Gasteiger partial charge in [-0.2, -0.15) is 0 Å². The van der Waals surface area contributed by atoms with Crippen LogP contribution in [0.25, 0.3) is 23.1 Å². The number of nitrogens with one attached hydrogen (secondary N) is 1. The molecule has 0 bridgehead atoms. The van der Waals surface area contributed by atoms with Crippen LogP contribution in [-0.4, -0.2) is 28.6 Å². The standard InChI is InChI=1S/C29H26N2O4/c1-20-6-5-8-27-29(20)22(18-31-27)10-13-25(33)16-24(32)12-9-21-11-14-26(17-28(21)34-2)35-19-23-7-3-4-15-30-23/h3-15,17-18,31H,16,19H2,1-2H3/b12-9+,13-10+. The molecule has 176 valence electrons. The Bertz CT molecular complexity index is 1400. The van der Waals surface area contributed by atoms with Gasteiger partial charge < -0.3 is 14.5 Å². The molecule has 0 aliphatic heterocycles. The number of methoxy groups -OCH3 is 1. The third kappa shape index (κ3) is 6.12. The van der Waals surface area contributed by atoms with Gasteiger partial charge in [0.15, 0.2) is 11.6 Å². The summed E-state index contributed by atoms with van der Waals surface area (Å²) in [5.74, 6) is 0.650. The van der Waals surface area contributed by atoms with Gasteiger partial charge in [0.2, 0.25) is 0 Å². The van der Waals surface area contributed by atoms with Crippen LogP contribution in [0, 0.1) is 6.92 Å². The lowest BCUT2D eigenvalue weighted by molar-refractivity contribution is -0.121. The first-order valence-corrected chi connectivity index (χ1v) is 11.2. The Morgan fingerprint density at radius 3 is 2.51 bits per heavy atom. The minimum atomic E-state index is -0.285. The summed E-state index contributed by atoms with van der Waals surface area (Å²) in [7, 11) is 1.55. The van der Waals surface area contributed by atoms with Crippen LogP contribution in [0.1, 0.15) is 28.8 Å². The highest BCUT2D eigenvalue weighted by atomic mass is 16.5. The van der Waals surface area contributed by atoms with E-state index in [-0.39, 0.29) is 18.0 Å². The van der Waals surface area contributed by atoms with Crippen molar-refractivity contribution in [2.24, 2.45) is 0 Å². The van der Waals surface area contributed by atoms with Gasteiger partial charge in [-0.15, -0.1) is 0 Å². The van der Waals surface area contributed by atoms with Crippen molar-refractivity contribution in [2.75, 3.05) is 7.11 Å². The molecule has 0 aliphatic carbocycles. The second-order valence-electron chi connectivity index (χ2n) is 8.03. The summed E-state index contributed by atoms with van der Waals surface area (Å²) in [6, 6.07) is 17.0. The number of aromatic amines is 1. The molecule has 4 aromatic rings. The summed E-state index contributed by atoms with van der Waals surface area (Å²) in [4.78, 5) is 32.1. The van der Waals surface area contributed by atoms with E-state index in [1.54, 1.807) is 43.7 Å². The highest BCUT2D eigenvalue weighted by Gasteiger charge is 2.08. The number of hydrogen-bond donors (Lipinski definition) is 1. The topological polar surface area (TPSA) is 81.3 Å². The average molecular weight is 467 g/mol. The molecule has 0 amide bonds. The molecule has 2 aromatic heterocycles. The number of ketones is 2. The first kappa shape index (κ1) is 23.7. The van der Waals surface area contributed by atoms with E-state index >= 15 is 0 Å². The van der Waals surface area contributed by atoms with E-state index in [0.29, 0.717) is 23.7 Å². The Morgan fingerprint density at radius 2 is 1.77 bits per heavy atom. The average Bonchev–Trinajstić information content (AvgIpc) is 3.30. The summed E-state index contributed by atoms with van der Waals surface area (Å²) in [5, 5.41) is 1.07. The molecule has 0 spiro atoms. The SMILES string of the molecule is COc1cc(OCc2ccccn2)ccc1/C=C/C(=O)CC(=O)/C=C/c1c[nH]c2cccc(C)c12. The lowest BCUT2D eigenvalue weighted by Crippen LogP contribution is -2.02. The van der Waals surface area contributed by atoms with Gasteiger partial charge in [-0.25, -0.2) is 0 Å². The quantitative estimate of drug-likeness (QED) is 0.239. The molecule has 6 heteroatoms. The van der Waals surface area contributed by atoms with Crippen LogP contribution < -0.4 is 9.47 Å². The normalized spacial score (nSPS) is 11.4. The van der Waals surface area contributed by atoms with E-state index in [2.05, 4.69) is 9.97 Å². The number of benzene rings is 2. The fraction of sp³-hybridized carbons (Fsp3) is 0.138. The van der Waals surface area contributed by atoms with Crippen LogP contribution in [-0.2, 0) is 16.2 Å². The highest BCUT2D eigenvalue weighted by Crippen LogP contribution is 2.26. The summed E-state index contributed by atoms with van der Waals surface area (Å²) in [6.45, 7) is 2.36. The number of ether oxygens (including phenoxy) is 2. The molecular formula is C29H26N2O4. The van der Waals surface area contributed by atoms with Crippen LogP contribution in [0.15, 0.2) is 79.1 Å². The van der Waals surface area contributed by atoms with Crippen LogP contribution in [0.3, 0.4) is 0 Å². The summed E-state index contributed by atoms with van der Waals surface area (Å²) >= 11 is 0. The molecule has 2 aromatic carbocycles. The van der Waals surface area contributed by atoms with Crippen LogP contribution in [0.2, 0.25) is 0 Å². The Morgan fingerprint density at radius 1 is 0.971 bits per heavy atom. The van der Waals surface area contributed by atoms with E-state index in [0.717, 1.165) is 27.7 Å². The van der Waals surface area contributed by atoms with Gasteiger partial charge in [0.1, 0.15) is 18.1 Å². The predicted molar refractivity (Wildman–Crippen MR) is 137 cm³/mol. The Balaban J connectivity index is 1.36. The zero-order chi connectivity index (χ0) is 24.6. The zero-order valence-corrected chi connectivity index (χ0v) is 19.7. The van der Waals surface area contributed by atoms with Crippen molar-refractivity contribution in [2.45, 2.75) is 20.0 Å². The van der Waals surface area contributed by atoms with E-state index in [4.69, 9.17) is 9.47 Å². The molecular weight excluding hydrogens is 440 g/mol. The first-order valence-electron chi connectivity index (χ1n) is 11.2. The van der Waals surface area contributed by atoms with Gasteiger partial charge in [-0.05, 0) is 67.1 Å². The third-order valence-corrected chi connectivity index (χ3v) is 5.51. The molecule has 1 N–H and O–H groups in total. The van der Waals surface area contributed by atoms with Crippen molar-refractivity contribution in [3.05, 3.63) is 102 Å². The minimum Gasteiger partial charge on any atom is -0.496 e. The molecule has 0 aliphatic rings. The lowest BCUT2D eigenvalue weighted by atomic mass is 10.1. The molecule has 0 unspecified atom stereocenters. The van der Waals surface area contributed by atoms with Crippen LogP contribution in [0.4, 0.5) is 0 Å². The molecule has 0 radical (unpaired) electrons. The number of nitrogens with zero attached hydrogens (tertiary/aromatic N) is 1. The molecule has 2 heterocycles. The smallest absolute Gasteiger partial charge is 0.163 e. The van der Waals surface area contributed by atoms with E-state index in [9.17, 15) is 9.59 Å². The van der Waals surface area contributed by atoms with E-state index < -0.39 is 0 Å². The number of rotatable bonds is 10. The Kier molecular flexibility index (Phi) is 7.53. The number of carbonyl (C=O) groups excluding carboxylic acids is 2. The van der Waals surface area contributed by atoms with Gasteiger partial charge in [0, 0.05) is 40.5 Å². The Labute approximate surface area is 203 Å². The number of fused-ring (bicyclic) bond motifs is 1. The van der Waals surface area contributed by atoms with Crippen molar-refractivity contribution in [3.8, 4) is 11.5 Å². The largest absolute Gasteiger partial charge is 0.496 e. The maximum absolute atomic E-state index is 12.4. The zero-order valence-electron chi connectivity index (χ0n) is 19.7. The fourth-order valence-corrected chi connectivity index (χ4v) is 3.75. The maximum atomic E-state index is 12.4. The molecule has 0 fully saturated rings. The van der Waals surface area contributed by atoms with Gasteiger partial charge in [0.25, 0.3) is 0 Å². The summed E-state index contributed by atoms with van der Waals surface area (Å²) in [5.41, 5.74) is 4.59. The van der Waals surface area contributed by atoms with E-state index in [1.807, 2.05) is 49.5 Å². The summed E-state index contributed by atoms with van der Waals surface area (Å²) in [6.07, 6.45) is 9.61. The Hall–Kier alpha value is -4.45. The number of aromatic nitrogens is 2. The molecule has 6 nitrogen and oxygen atoms in total. The minimum absolute atomic E-state index is 0.206. The van der Waals surface area contributed by atoms with Gasteiger partial charge in [0.05, 0.1) is 19.2 Å². The number of hydrogen-bond acceptors (Lipinski definition) is 5. The van der Waals surface area contributed by atoms with Crippen molar-refractivity contribution in [1.82, 2.24) is 9.97 Å². The van der Waals surface area contributed by atoms with Crippen molar-refractivity contribution >= 4 is 34.6 Å². The number of aryl methyl sites for hydroxylation is 1. The van der Waals surface area contributed by atoms with Crippen molar-refractivity contribution in [1.29, 1.82) is 0 Å². The fourth-order valence-electron chi connectivity index (χ4n) is 3.75. The molecule has 4 rings (SSSR count). The predicted octanol–water partition coefficient (Wildman–Crippen LogP) is 5.71. The molecule has 0 saturated carbocycles. The van der Waals surface area contributed by atoms with E-state index in [1.165, 1.54) is 12.2 Å². The molecule has 0 atom stereocenters. The highest BCUT2D eigenvalue weighted by molar-refractivity contribution is 6.11. The monoisotopic (exact) mass is 466 g/mol. The van der Waals surface area contributed by atoms with Gasteiger partial charge in [-0.1, -0.05) is 18.2 Å². The molecule has 0 saturated heterocycles. The summed E-state index contributed by atoms with van der Waals surface area (Å²) < 4.78 is 11.2. The maximum Gasteiger partial charge on any atom is 0.163 e. The number of pyridine rings is 1. The first-order chi connectivity index (χ1) is 17.0. The van der Waals surface area contributed by atoms with Crippen LogP contribution in [0.5, 0.6) is 11.5 Å². The van der Waals surface area contributed by atoms with Crippen molar-refractivity contribution < 1.29 is 19.1 Å².